The fraction of sp³-hybridized carbons (Fsp3) is 0.462. The second kappa shape index (κ2) is 13.0. The number of carbonyl (C=O) groups excluding carboxylic acids is 1. The van der Waals surface area contributed by atoms with Crippen molar-refractivity contribution in [1.82, 2.24) is 10.3 Å². The average Bonchev–Trinajstić information content (AvgIpc) is 2.75. The van der Waals surface area contributed by atoms with Crippen molar-refractivity contribution in [3.8, 4) is 5.75 Å². The van der Waals surface area contributed by atoms with Crippen molar-refractivity contribution in [2.75, 3.05) is 13.2 Å². The van der Waals surface area contributed by atoms with E-state index in [9.17, 15) is 18.0 Å². The van der Waals surface area contributed by atoms with Gasteiger partial charge in [-0.3, -0.25) is 4.79 Å². The molecule has 0 unspecified atom stereocenters. The summed E-state index contributed by atoms with van der Waals surface area (Å²) >= 11 is 0. The second-order valence-corrected chi connectivity index (χ2v) is 8.50. The molecular formula is C26H33F3N2O2. The normalized spacial score (nSPS) is 12.6. The lowest BCUT2D eigenvalue weighted by Crippen LogP contribution is -2.25. The molecule has 2 rings (SSSR count). The number of nitrogens with zero attached hydrogens (tertiary/aromatic N) is 1. The Kier molecular flexibility index (Phi) is 10.4. The zero-order chi connectivity index (χ0) is 24.3. The number of nitrogens with one attached hydrogen (secondary N) is 1. The van der Waals surface area contributed by atoms with Crippen LogP contribution in [0.15, 0.2) is 54.1 Å². The van der Waals surface area contributed by atoms with Crippen LogP contribution in [0.2, 0.25) is 0 Å². The molecule has 1 amide bonds. The van der Waals surface area contributed by atoms with E-state index in [1.165, 1.54) is 0 Å². The Hall–Kier alpha value is -2.83. The zero-order valence-corrected chi connectivity index (χ0v) is 19.5. The quantitative estimate of drug-likeness (QED) is 0.213. The Morgan fingerprint density at radius 2 is 1.88 bits per heavy atom. The third-order valence-electron chi connectivity index (χ3n) is 4.92. The minimum atomic E-state index is -4.51. The van der Waals surface area contributed by atoms with Crippen LogP contribution in [0.25, 0.3) is 10.9 Å². The van der Waals surface area contributed by atoms with Gasteiger partial charge in [-0.1, -0.05) is 51.0 Å². The molecule has 1 aromatic carbocycles. The Morgan fingerprint density at radius 3 is 2.61 bits per heavy atom. The summed E-state index contributed by atoms with van der Waals surface area (Å²) in [5.74, 6) is 0.565. The second-order valence-electron chi connectivity index (χ2n) is 8.50. The smallest absolute Gasteiger partial charge is 0.433 e. The zero-order valence-electron chi connectivity index (χ0n) is 19.5. The fourth-order valence-electron chi connectivity index (χ4n) is 3.19. The molecule has 0 atom stereocenters. The molecule has 0 saturated heterocycles. The highest BCUT2D eigenvalue weighted by molar-refractivity contribution is 5.88. The number of unbranched alkanes of at least 4 members (excludes halogenated alkanes) is 4. The van der Waals surface area contributed by atoms with Gasteiger partial charge in [0.1, 0.15) is 11.4 Å². The Bertz CT molecular complexity index is 966. The van der Waals surface area contributed by atoms with Crippen LogP contribution >= 0.6 is 0 Å². The number of hydrogen-bond acceptors (Lipinski definition) is 3. The molecule has 7 heteroatoms. The van der Waals surface area contributed by atoms with Crippen molar-refractivity contribution >= 4 is 16.8 Å². The maximum Gasteiger partial charge on any atom is 0.433 e. The van der Waals surface area contributed by atoms with Gasteiger partial charge in [0.2, 0.25) is 5.91 Å². The van der Waals surface area contributed by atoms with Gasteiger partial charge in [-0.05, 0) is 49.8 Å². The van der Waals surface area contributed by atoms with E-state index >= 15 is 0 Å². The molecule has 2 aromatic rings. The Balaban J connectivity index is 1.71. The number of pyridine rings is 1. The van der Waals surface area contributed by atoms with Crippen LogP contribution in [0.4, 0.5) is 13.2 Å². The highest BCUT2D eigenvalue weighted by Gasteiger charge is 2.33. The molecule has 0 aliphatic heterocycles. The number of halogens is 3. The summed E-state index contributed by atoms with van der Waals surface area (Å²) in [5.41, 5.74) is 0.244. The molecule has 1 N–H and O–H groups in total. The van der Waals surface area contributed by atoms with Gasteiger partial charge >= 0.3 is 6.18 Å². The largest absolute Gasteiger partial charge is 0.493 e. The monoisotopic (exact) mass is 462 g/mol. The highest BCUT2D eigenvalue weighted by atomic mass is 19.4. The van der Waals surface area contributed by atoms with Crippen LogP contribution in [0, 0.1) is 5.92 Å². The van der Waals surface area contributed by atoms with Crippen molar-refractivity contribution in [3.63, 3.8) is 0 Å². The summed E-state index contributed by atoms with van der Waals surface area (Å²) in [6.45, 7) is 7.02. The standard InChI is InChI=1S/C26H33F3N2O2/c1-19(2)18-30-25(32)16-20(3)12-8-6-4-5-7-11-15-33-23-17-24(26(27,28)29)31-22-14-10-9-13-21(22)23/h8-10,12-14,16-17,19H,4-7,11,15,18H2,1-3H3,(H,30,32)/b12-8+,20-16?. The van der Waals surface area contributed by atoms with Crippen LogP contribution in [-0.2, 0) is 11.0 Å². The SMILES string of the molecule is CC(=CC(=O)NCC(C)C)/C=C/CCCCCCOc1cc(C(F)(F)F)nc2ccccc12. The van der Waals surface area contributed by atoms with Gasteiger partial charge in [0.15, 0.2) is 0 Å². The van der Waals surface area contributed by atoms with Crippen LogP contribution in [0.5, 0.6) is 5.75 Å². The first-order chi connectivity index (χ1) is 15.7. The summed E-state index contributed by atoms with van der Waals surface area (Å²) < 4.78 is 45.0. The number of para-hydroxylation sites is 1. The minimum absolute atomic E-state index is 0.0739. The van der Waals surface area contributed by atoms with Gasteiger partial charge in [-0.2, -0.15) is 13.2 Å². The molecule has 1 aromatic heterocycles. The van der Waals surface area contributed by atoms with E-state index in [-0.39, 0.29) is 17.2 Å². The van der Waals surface area contributed by atoms with E-state index in [1.807, 2.05) is 26.8 Å². The molecule has 0 saturated carbocycles. The lowest BCUT2D eigenvalue weighted by atomic mass is 10.1. The molecule has 0 aliphatic rings. The summed E-state index contributed by atoms with van der Waals surface area (Å²) in [6.07, 6.45) is 5.68. The molecule has 180 valence electrons. The number of benzene rings is 1. The van der Waals surface area contributed by atoms with Crippen molar-refractivity contribution in [1.29, 1.82) is 0 Å². The number of aromatic nitrogens is 1. The number of ether oxygens (including phenoxy) is 1. The van der Waals surface area contributed by atoms with E-state index < -0.39 is 11.9 Å². The van der Waals surface area contributed by atoms with Crippen molar-refractivity contribution in [2.45, 2.75) is 59.1 Å². The summed E-state index contributed by atoms with van der Waals surface area (Å²) in [7, 11) is 0. The Labute approximate surface area is 193 Å². The van der Waals surface area contributed by atoms with E-state index in [2.05, 4.69) is 16.4 Å². The molecule has 0 aliphatic carbocycles. The maximum absolute atomic E-state index is 13.1. The predicted octanol–water partition coefficient (Wildman–Crippen LogP) is 6.86. The van der Waals surface area contributed by atoms with Crippen LogP contribution in [0.3, 0.4) is 0 Å². The number of alkyl halides is 3. The van der Waals surface area contributed by atoms with Gasteiger partial charge in [-0.15, -0.1) is 0 Å². The van der Waals surface area contributed by atoms with Crippen molar-refractivity contribution in [2.24, 2.45) is 5.92 Å². The number of allylic oxidation sites excluding steroid dienone is 3. The fourth-order valence-corrected chi connectivity index (χ4v) is 3.19. The highest BCUT2D eigenvalue weighted by Crippen LogP contribution is 2.34. The molecule has 33 heavy (non-hydrogen) atoms. The van der Waals surface area contributed by atoms with E-state index in [4.69, 9.17) is 4.74 Å². The van der Waals surface area contributed by atoms with Gasteiger partial charge in [0.25, 0.3) is 0 Å². The summed E-state index contributed by atoms with van der Waals surface area (Å²) in [6, 6.07) is 7.67. The molecule has 1 heterocycles. The van der Waals surface area contributed by atoms with Gasteiger partial charge in [-0.25, -0.2) is 4.98 Å². The Morgan fingerprint density at radius 1 is 1.15 bits per heavy atom. The summed E-state index contributed by atoms with van der Waals surface area (Å²) in [5, 5.41) is 3.44. The van der Waals surface area contributed by atoms with E-state index in [0.29, 0.717) is 24.5 Å². The topological polar surface area (TPSA) is 51.2 Å². The van der Waals surface area contributed by atoms with Crippen molar-refractivity contribution in [3.05, 3.63) is 59.8 Å². The lowest BCUT2D eigenvalue weighted by molar-refractivity contribution is -0.141. The van der Waals surface area contributed by atoms with Gasteiger partial charge in [0, 0.05) is 24.1 Å². The molecule has 0 bridgehead atoms. The van der Waals surface area contributed by atoms with Crippen LogP contribution < -0.4 is 10.1 Å². The first kappa shape index (κ1) is 26.4. The van der Waals surface area contributed by atoms with Gasteiger partial charge in [0.05, 0.1) is 12.1 Å². The van der Waals surface area contributed by atoms with Crippen LogP contribution in [-0.4, -0.2) is 24.0 Å². The number of rotatable bonds is 12. The van der Waals surface area contributed by atoms with Gasteiger partial charge < -0.3 is 10.1 Å². The number of hydrogen-bond donors (Lipinski definition) is 1. The summed E-state index contributed by atoms with van der Waals surface area (Å²) in [4.78, 5) is 15.4. The first-order valence-corrected chi connectivity index (χ1v) is 11.4. The third kappa shape index (κ3) is 9.68. The molecule has 0 fully saturated rings. The first-order valence-electron chi connectivity index (χ1n) is 11.4. The molecule has 0 radical (unpaired) electrons. The van der Waals surface area contributed by atoms with Crippen molar-refractivity contribution < 1.29 is 22.7 Å². The number of fused-ring (bicyclic) bond motifs is 1. The maximum atomic E-state index is 13.1. The lowest BCUT2D eigenvalue weighted by Gasteiger charge is -2.13. The molecular weight excluding hydrogens is 429 g/mol. The van der Waals surface area contributed by atoms with E-state index in [1.54, 1.807) is 30.3 Å². The number of carbonyl (C=O) groups is 1. The third-order valence-corrected chi connectivity index (χ3v) is 4.92. The predicted molar refractivity (Wildman–Crippen MR) is 126 cm³/mol. The number of amides is 1. The molecule has 0 spiro atoms. The minimum Gasteiger partial charge on any atom is -0.493 e. The molecule has 4 nitrogen and oxygen atoms in total. The van der Waals surface area contributed by atoms with Crippen LogP contribution in [0.1, 0.15) is 58.6 Å². The van der Waals surface area contributed by atoms with E-state index in [0.717, 1.165) is 43.7 Å². The average molecular weight is 463 g/mol.